The third-order valence-electron chi connectivity index (χ3n) is 4.95. The molecule has 0 spiro atoms. The molecule has 1 aromatic heterocycles. The zero-order valence-electron chi connectivity index (χ0n) is 19.1. The number of aryl methyl sites for hydroxylation is 1. The molecule has 0 aliphatic rings. The van der Waals surface area contributed by atoms with Crippen molar-refractivity contribution in [3.05, 3.63) is 93.4 Å². The fourth-order valence-electron chi connectivity index (χ4n) is 3.08. The number of hydrogen-bond acceptors (Lipinski definition) is 10. The Bertz CT molecular complexity index is 1520. The summed E-state index contributed by atoms with van der Waals surface area (Å²) in [6.07, 6.45) is 1.52. The van der Waals surface area contributed by atoms with Crippen LogP contribution in [0.2, 0.25) is 0 Å². The minimum atomic E-state index is -4.02. The van der Waals surface area contributed by atoms with Gasteiger partial charge in [-0.15, -0.1) is 11.3 Å². The molecular weight excluding hydrogens is 504 g/mol. The first-order chi connectivity index (χ1) is 17.2. The van der Waals surface area contributed by atoms with E-state index < -0.39 is 15.0 Å². The maximum Gasteiger partial charge on any atom is 0.339 e. The van der Waals surface area contributed by atoms with Crippen molar-refractivity contribution >= 4 is 38.5 Å². The molecule has 0 amide bonds. The van der Waals surface area contributed by atoms with Crippen molar-refractivity contribution in [3.8, 4) is 22.8 Å². The van der Waals surface area contributed by atoms with Gasteiger partial charge in [0.05, 0.1) is 23.9 Å². The van der Waals surface area contributed by atoms with Gasteiger partial charge in [-0.25, -0.2) is 4.98 Å². The van der Waals surface area contributed by atoms with E-state index in [0.29, 0.717) is 16.4 Å². The molecule has 12 heteroatoms. The summed E-state index contributed by atoms with van der Waals surface area (Å²) in [5, 5.41) is 17.3. The van der Waals surface area contributed by atoms with Gasteiger partial charge in [-0.2, -0.15) is 13.5 Å². The third-order valence-corrected chi connectivity index (χ3v) is 6.94. The van der Waals surface area contributed by atoms with E-state index in [4.69, 9.17) is 8.92 Å². The van der Waals surface area contributed by atoms with Crippen molar-refractivity contribution in [1.82, 2.24) is 4.98 Å². The largest absolute Gasteiger partial charge is 0.493 e. The average Bonchev–Trinajstić information content (AvgIpc) is 3.34. The Labute approximate surface area is 211 Å². The molecular formula is C24H20N4O6S2. The van der Waals surface area contributed by atoms with Crippen molar-refractivity contribution in [2.45, 2.75) is 11.8 Å². The number of rotatable bonds is 9. The second kappa shape index (κ2) is 10.5. The summed E-state index contributed by atoms with van der Waals surface area (Å²) in [6, 6.07) is 17.2. The van der Waals surface area contributed by atoms with Gasteiger partial charge >= 0.3 is 10.1 Å². The lowest BCUT2D eigenvalue weighted by Crippen LogP contribution is -2.10. The minimum absolute atomic E-state index is 0.0107. The Balaban J connectivity index is 1.43. The number of ether oxygens (including phenoxy) is 1. The maximum atomic E-state index is 12.6. The average molecular weight is 525 g/mol. The lowest BCUT2D eigenvalue weighted by atomic mass is 10.1. The van der Waals surface area contributed by atoms with Gasteiger partial charge in [0.25, 0.3) is 5.69 Å². The van der Waals surface area contributed by atoms with Gasteiger partial charge in [0, 0.05) is 23.1 Å². The Morgan fingerprint density at radius 1 is 1.06 bits per heavy atom. The second-order valence-electron chi connectivity index (χ2n) is 7.47. The van der Waals surface area contributed by atoms with Crippen molar-refractivity contribution in [2.24, 2.45) is 5.10 Å². The Morgan fingerprint density at radius 3 is 2.44 bits per heavy atom. The fourth-order valence-corrected chi connectivity index (χ4v) is 4.69. The molecule has 1 N–H and O–H groups in total. The molecule has 184 valence electrons. The minimum Gasteiger partial charge on any atom is -0.493 e. The maximum absolute atomic E-state index is 12.6. The first kappa shape index (κ1) is 24.8. The number of methoxy groups -OCH3 is 1. The van der Waals surface area contributed by atoms with E-state index >= 15 is 0 Å². The number of anilines is 1. The SMILES string of the molecule is COc1cc(/C=N\Nc2nc(-c3ccc([N+](=O)[O-])cc3)cs2)ccc1OS(=O)(=O)c1ccc(C)cc1. The van der Waals surface area contributed by atoms with E-state index in [9.17, 15) is 18.5 Å². The molecule has 3 aromatic carbocycles. The van der Waals surface area contributed by atoms with Crippen molar-refractivity contribution in [3.63, 3.8) is 0 Å². The number of hydrogen-bond donors (Lipinski definition) is 1. The Kier molecular flexibility index (Phi) is 7.27. The normalized spacial score (nSPS) is 11.4. The number of nitro benzene ring substituents is 1. The molecule has 0 unspecified atom stereocenters. The highest BCUT2D eigenvalue weighted by Crippen LogP contribution is 2.31. The molecule has 10 nitrogen and oxygen atoms in total. The standard InChI is InChI=1S/C24H20N4O6S2/c1-16-3-10-20(11-4-16)36(31,32)34-22-12-5-17(13-23(22)33-2)14-25-27-24-26-21(15-35-24)18-6-8-19(9-7-18)28(29)30/h3-15H,1-2H3,(H,26,27)/b25-14-. The fraction of sp³-hybridized carbons (Fsp3) is 0.0833. The van der Waals surface area contributed by atoms with Gasteiger partial charge in [0.1, 0.15) is 4.90 Å². The number of hydrazone groups is 1. The summed E-state index contributed by atoms with van der Waals surface area (Å²) < 4.78 is 35.8. The predicted molar refractivity (Wildman–Crippen MR) is 137 cm³/mol. The van der Waals surface area contributed by atoms with Crippen molar-refractivity contribution < 1.29 is 22.3 Å². The molecule has 36 heavy (non-hydrogen) atoms. The molecule has 0 radical (unpaired) electrons. The van der Waals surface area contributed by atoms with Crippen LogP contribution in [0.4, 0.5) is 10.8 Å². The van der Waals surface area contributed by atoms with Crippen LogP contribution in [0, 0.1) is 17.0 Å². The van der Waals surface area contributed by atoms with Crippen LogP contribution in [-0.2, 0) is 10.1 Å². The smallest absolute Gasteiger partial charge is 0.339 e. The van der Waals surface area contributed by atoms with Crippen LogP contribution in [0.25, 0.3) is 11.3 Å². The molecule has 0 saturated heterocycles. The number of nitrogens with one attached hydrogen (secondary N) is 1. The summed E-state index contributed by atoms with van der Waals surface area (Å²) in [6.45, 7) is 1.86. The molecule has 0 bridgehead atoms. The van der Waals surface area contributed by atoms with Gasteiger partial charge in [0.2, 0.25) is 5.13 Å². The quantitative estimate of drug-likeness (QED) is 0.136. The van der Waals surface area contributed by atoms with Crippen LogP contribution in [0.1, 0.15) is 11.1 Å². The highest BCUT2D eigenvalue weighted by molar-refractivity contribution is 7.87. The lowest BCUT2D eigenvalue weighted by Gasteiger charge is -2.11. The summed E-state index contributed by atoms with van der Waals surface area (Å²) >= 11 is 1.32. The molecule has 0 fully saturated rings. The number of aromatic nitrogens is 1. The van der Waals surface area contributed by atoms with Crippen LogP contribution >= 0.6 is 11.3 Å². The zero-order chi connectivity index (χ0) is 25.7. The highest BCUT2D eigenvalue weighted by Gasteiger charge is 2.19. The van der Waals surface area contributed by atoms with E-state index in [1.165, 1.54) is 55.0 Å². The van der Waals surface area contributed by atoms with Gasteiger partial charge in [-0.05, 0) is 55.0 Å². The van der Waals surface area contributed by atoms with Crippen LogP contribution in [0.15, 0.2) is 82.1 Å². The van der Waals surface area contributed by atoms with E-state index in [1.54, 1.807) is 36.4 Å². The monoisotopic (exact) mass is 524 g/mol. The predicted octanol–water partition coefficient (Wildman–Crippen LogP) is 5.25. The molecule has 0 aliphatic carbocycles. The summed E-state index contributed by atoms with van der Waals surface area (Å²) in [5.74, 6) is 0.278. The first-order valence-electron chi connectivity index (χ1n) is 10.4. The van der Waals surface area contributed by atoms with Gasteiger partial charge in [-0.3, -0.25) is 15.5 Å². The lowest BCUT2D eigenvalue weighted by molar-refractivity contribution is -0.384. The molecule has 0 aliphatic heterocycles. The van der Waals surface area contributed by atoms with E-state index in [-0.39, 0.29) is 22.1 Å². The number of thiazole rings is 1. The summed E-state index contributed by atoms with van der Waals surface area (Å²) in [5.41, 5.74) is 5.81. The van der Waals surface area contributed by atoms with E-state index in [2.05, 4.69) is 15.5 Å². The molecule has 4 rings (SSSR count). The topological polar surface area (TPSA) is 133 Å². The van der Waals surface area contributed by atoms with Gasteiger partial charge in [-0.1, -0.05) is 17.7 Å². The third kappa shape index (κ3) is 5.85. The van der Waals surface area contributed by atoms with Crippen LogP contribution in [0.5, 0.6) is 11.5 Å². The van der Waals surface area contributed by atoms with Crippen molar-refractivity contribution in [2.75, 3.05) is 12.5 Å². The molecule has 0 saturated carbocycles. The van der Waals surface area contributed by atoms with E-state index in [1.807, 2.05) is 12.3 Å². The van der Waals surface area contributed by atoms with E-state index in [0.717, 1.165) is 11.1 Å². The van der Waals surface area contributed by atoms with Crippen LogP contribution < -0.4 is 14.3 Å². The van der Waals surface area contributed by atoms with Gasteiger partial charge in [0.15, 0.2) is 11.5 Å². The number of non-ortho nitro benzene ring substituents is 1. The number of nitro groups is 1. The van der Waals surface area contributed by atoms with Gasteiger partial charge < -0.3 is 8.92 Å². The summed E-state index contributed by atoms with van der Waals surface area (Å²) in [4.78, 5) is 14.8. The molecule has 0 atom stereocenters. The first-order valence-corrected chi connectivity index (χ1v) is 12.7. The molecule has 4 aromatic rings. The number of benzene rings is 3. The Morgan fingerprint density at radius 2 is 1.78 bits per heavy atom. The van der Waals surface area contributed by atoms with Crippen LogP contribution in [-0.4, -0.2) is 31.6 Å². The van der Waals surface area contributed by atoms with Crippen LogP contribution in [0.3, 0.4) is 0 Å². The second-order valence-corrected chi connectivity index (χ2v) is 9.88. The molecule has 1 heterocycles. The number of nitrogens with zero attached hydrogens (tertiary/aromatic N) is 3. The van der Waals surface area contributed by atoms with Crippen molar-refractivity contribution in [1.29, 1.82) is 0 Å². The Hall–Kier alpha value is -4.29. The zero-order valence-corrected chi connectivity index (χ0v) is 20.7. The highest BCUT2D eigenvalue weighted by atomic mass is 32.2. The summed E-state index contributed by atoms with van der Waals surface area (Å²) in [7, 11) is -2.61.